The fourth-order valence-corrected chi connectivity index (χ4v) is 1.74. The molecule has 0 saturated heterocycles. The molecule has 3 N–H and O–H groups in total. The summed E-state index contributed by atoms with van der Waals surface area (Å²) in [6.45, 7) is 7.64. The van der Waals surface area contributed by atoms with Crippen LogP contribution in [0.1, 0.15) is 26.1 Å². The highest BCUT2D eigenvalue weighted by Gasteiger charge is 2.15. The Labute approximate surface area is 109 Å². The molecular formula is C12H23N5O. The normalized spacial score (nSPS) is 12.3. The molecule has 6 nitrogen and oxygen atoms in total. The SMILES string of the molecule is CCC(C)N(CCOC)c1cc(NN)nc(C)n1. The molecule has 0 aliphatic rings. The maximum Gasteiger partial charge on any atom is 0.145 e. The Morgan fingerprint density at radius 1 is 1.50 bits per heavy atom. The van der Waals surface area contributed by atoms with E-state index in [4.69, 9.17) is 10.6 Å². The average Bonchev–Trinajstić information content (AvgIpc) is 2.38. The molecule has 18 heavy (non-hydrogen) atoms. The number of ether oxygens (including phenoxy) is 1. The lowest BCUT2D eigenvalue weighted by molar-refractivity contribution is 0.203. The van der Waals surface area contributed by atoms with Crippen LogP contribution in [0, 0.1) is 6.92 Å². The van der Waals surface area contributed by atoms with Gasteiger partial charge in [-0.05, 0) is 20.3 Å². The Bertz CT molecular complexity index is 371. The number of nitrogen functional groups attached to an aromatic ring is 1. The van der Waals surface area contributed by atoms with Gasteiger partial charge in [0.1, 0.15) is 17.5 Å². The zero-order chi connectivity index (χ0) is 13.5. The Balaban J connectivity index is 2.99. The largest absolute Gasteiger partial charge is 0.383 e. The van der Waals surface area contributed by atoms with Crippen molar-refractivity contribution in [3.8, 4) is 0 Å². The molecule has 1 aromatic rings. The van der Waals surface area contributed by atoms with Gasteiger partial charge in [-0.25, -0.2) is 15.8 Å². The molecule has 0 aromatic carbocycles. The third-order valence-electron chi connectivity index (χ3n) is 2.93. The van der Waals surface area contributed by atoms with E-state index < -0.39 is 0 Å². The number of nitrogens with two attached hydrogens (primary N) is 1. The zero-order valence-corrected chi connectivity index (χ0v) is 11.6. The van der Waals surface area contributed by atoms with E-state index in [1.807, 2.05) is 13.0 Å². The third-order valence-corrected chi connectivity index (χ3v) is 2.93. The minimum Gasteiger partial charge on any atom is -0.383 e. The van der Waals surface area contributed by atoms with E-state index in [1.54, 1.807) is 7.11 Å². The predicted molar refractivity (Wildman–Crippen MR) is 73.6 cm³/mol. The third kappa shape index (κ3) is 3.82. The van der Waals surface area contributed by atoms with E-state index in [9.17, 15) is 0 Å². The molecule has 1 heterocycles. The number of hydrogen-bond donors (Lipinski definition) is 2. The molecule has 0 aliphatic carbocycles. The molecule has 0 saturated carbocycles. The Kier molecular flexibility index (Phi) is 5.80. The molecule has 1 atom stereocenters. The molecule has 0 aliphatic heterocycles. The van der Waals surface area contributed by atoms with Crippen LogP contribution < -0.4 is 16.2 Å². The van der Waals surface area contributed by atoms with Crippen molar-refractivity contribution in [1.82, 2.24) is 9.97 Å². The molecule has 0 amide bonds. The van der Waals surface area contributed by atoms with Crippen LogP contribution in [0.25, 0.3) is 0 Å². The van der Waals surface area contributed by atoms with Gasteiger partial charge in [0.25, 0.3) is 0 Å². The van der Waals surface area contributed by atoms with E-state index >= 15 is 0 Å². The second-order valence-electron chi connectivity index (χ2n) is 4.25. The van der Waals surface area contributed by atoms with Gasteiger partial charge in [-0.3, -0.25) is 0 Å². The minimum atomic E-state index is 0.389. The van der Waals surface area contributed by atoms with E-state index in [0.29, 0.717) is 24.3 Å². The predicted octanol–water partition coefficient (Wildman–Crippen LogP) is 1.32. The molecule has 0 spiro atoms. The van der Waals surface area contributed by atoms with Crippen LogP contribution in [0.2, 0.25) is 0 Å². The fraction of sp³-hybridized carbons (Fsp3) is 0.667. The van der Waals surface area contributed by atoms with Crippen molar-refractivity contribution in [2.24, 2.45) is 5.84 Å². The lowest BCUT2D eigenvalue weighted by Gasteiger charge is -2.29. The van der Waals surface area contributed by atoms with Gasteiger partial charge in [0.05, 0.1) is 6.61 Å². The molecule has 102 valence electrons. The summed E-state index contributed by atoms with van der Waals surface area (Å²) in [6.07, 6.45) is 1.04. The molecule has 6 heteroatoms. The number of hydrogen-bond acceptors (Lipinski definition) is 6. The van der Waals surface area contributed by atoms with E-state index in [-0.39, 0.29) is 0 Å². The standard InChI is InChI=1S/C12H23N5O/c1-5-9(2)17(6-7-18-4)12-8-11(16-13)14-10(3)15-12/h8-9H,5-7,13H2,1-4H3,(H,14,15,16). The fourth-order valence-electron chi connectivity index (χ4n) is 1.74. The summed E-state index contributed by atoms with van der Waals surface area (Å²) in [7, 11) is 1.70. The first-order valence-electron chi connectivity index (χ1n) is 6.20. The maximum absolute atomic E-state index is 5.41. The summed E-state index contributed by atoms with van der Waals surface area (Å²) in [4.78, 5) is 10.9. The van der Waals surface area contributed by atoms with Gasteiger partial charge < -0.3 is 15.1 Å². The summed E-state index contributed by atoms with van der Waals surface area (Å²) in [5, 5.41) is 0. The van der Waals surface area contributed by atoms with E-state index in [1.165, 1.54) is 0 Å². The molecule has 0 bridgehead atoms. The molecule has 1 rings (SSSR count). The molecule has 1 unspecified atom stereocenters. The van der Waals surface area contributed by atoms with Gasteiger partial charge in [0.2, 0.25) is 0 Å². The number of methoxy groups -OCH3 is 1. The lowest BCUT2D eigenvalue weighted by Crippen LogP contribution is -2.36. The van der Waals surface area contributed by atoms with E-state index in [0.717, 1.165) is 18.8 Å². The van der Waals surface area contributed by atoms with Gasteiger partial charge in [-0.2, -0.15) is 0 Å². The van der Waals surface area contributed by atoms with Gasteiger partial charge >= 0.3 is 0 Å². The number of nitrogens with zero attached hydrogens (tertiary/aromatic N) is 3. The van der Waals surface area contributed by atoms with Crippen LogP contribution in [0.5, 0.6) is 0 Å². The molecule has 0 radical (unpaired) electrons. The highest BCUT2D eigenvalue weighted by atomic mass is 16.5. The average molecular weight is 253 g/mol. The van der Waals surface area contributed by atoms with Crippen LogP contribution in [-0.4, -0.2) is 36.3 Å². The Morgan fingerprint density at radius 3 is 2.78 bits per heavy atom. The van der Waals surface area contributed by atoms with Crippen molar-refractivity contribution in [3.05, 3.63) is 11.9 Å². The number of rotatable bonds is 7. The van der Waals surface area contributed by atoms with Gasteiger partial charge in [0.15, 0.2) is 0 Å². The topological polar surface area (TPSA) is 76.3 Å². The highest BCUT2D eigenvalue weighted by molar-refractivity contribution is 5.49. The molecule has 1 aromatic heterocycles. The van der Waals surface area contributed by atoms with Crippen LogP contribution in [-0.2, 0) is 4.74 Å². The number of aromatic nitrogens is 2. The summed E-state index contributed by atoms with van der Waals surface area (Å²) in [5.41, 5.74) is 2.57. The van der Waals surface area contributed by atoms with Crippen LogP contribution >= 0.6 is 0 Å². The van der Waals surface area contributed by atoms with Crippen LogP contribution in [0.4, 0.5) is 11.6 Å². The maximum atomic E-state index is 5.41. The Hall–Kier alpha value is -1.40. The zero-order valence-electron chi connectivity index (χ0n) is 11.6. The first-order chi connectivity index (χ1) is 8.62. The smallest absolute Gasteiger partial charge is 0.145 e. The van der Waals surface area contributed by atoms with Gasteiger partial charge in [-0.1, -0.05) is 6.92 Å². The van der Waals surface area contributed by atoms with Gasteiger partial charge in [-0.15, -0.1) is 0 Å². The monoisotopic (exact) mass is 253 g/mol. The summed E-state index contributed by atoms with van der Waals surface area (Å²) in [6, 6.07) is 2.24. The summed E-state index contributed by atoms with van der Waals surface area (Å²) in [5.74, 6) is 7.62. The van der Waals surface area contributed by atoms with Crippen molar-refractivity contribution in [3.63, 3.8) is 0 Å². The van der Waals surface area contributed by atoms with Crippen molar-refractivity contribution in [1.29, 1.82) is 0 Å². The van der Waals surface area contributed by atoms with Crippen molar-refractivity contribution in [2.45, 2.75) is 33.2 Å². The summed E-state index contributed by atoms with van der Waals surface area (Å²) >= 11 is 0. The highest BCUT2D eigenvalue weighted by Crippen LogP contribution is 2.18. The van der Waals surface area contributed by atoms with Crippen molar-refractivity contribution >= 4 is 11.6 Å². The molecule has 0 fully saturated rings. The Morgan fingerprint density at radius 2 is 2.22 bits per heavy atom. The first kappa shape index (κ1) is 14.7. The quantitative estimate of drug-likeness (QED) is 0.564. The van der Waals surface area contributed by atoms with E-state index in [2.05, 4.69) is 34.1 Å². The second-order valence-corrected chi connectivity index (χ2v) is 4.25. The number of aryl methyl sites for hydroxylation is 1. The van der Waals surface area contributed by atoms with Crippen molar-refractivity contribution in [2.75, 3.05) is 30.6 Å². The first-order valence-corrected chi connectivity index (χ1v) is 6.20. The lowest BCUT2D eigenvalue weighted by atomic mass is 10.2. The van der Waals surface area contributed by atoms with Gasteiger partial charge in [0, 0.05) is 25.8 Å². The van der Waals surface area contributed by atoms with Crippen molar-refractivity contribution < 1.29 is 4.74 Å². The second kappa shape index (κ2) is 7.13. The number of hydrazine groups is 1. The molecular weight excluding hydrogens is 230 g/mol. The number of anilines is 2. The van der Waals surface area contributed by atoms with Crippen LogP contribution in [0.3, 0.4) is 0 Å². The minimum absolute atomic E-state index is 0.389. The number of nitrogens with one attached hydrogen (secondary N) is 1. The van der Waals surface area contributed by atoms with Crippen LogP contribution in [0.15, 0.2) is 6.07 Å². The summed E-state index contributed by atoms with van der Waals surface area (Å²) < 4.78 is 5.15.